The fraction of sp³-hybridized carbons (Fsp3) is 0.714. The quantitative estimate of drug-likeness (QED) is 0.319. The maximum Gasteiger partial charge on any atom is 0.385 e. The lowest BCUT2D eigenvalue weighted by Crippen LogP contribution is -2.44. The average molecular weight is 318 g/mol. The van der Waals surface area contributed by atoms with Crippen LogP contribution in [-0.4, -0.2) is 46.3 Å². The summed E-state index contributed by atoms with van der Waals surface area (Å²) in [6, 6.07) is 0. The molecule has 0 rings (SSSR count). The summed E-state index contributed by atoms with van der Waals surface area (Å²) in [4.78, 5) is 45.9. The van der Waals surface area contributed by atoms with E-state index >= 15 is 0 Å². The van der Waals surface area contributed by atoms with E-state index in [0.717, 1.165) is 0 Å². The Morgan fingerprint density at radius 3 is 1.59 bits per heavy atom. The molecule has 0 amide bonds. The van der Waals surface area contributed by atoms with Gasteiger partial charge >= 0.3 is 17.9 Å². The Morgan fingerprint density at radius 1 is 0.818 bits per heavy atom. The normalized spacial score (nSPS) is 14.7. The lowest BCUT2D eigenvalue weighted by atomic mass is 9.97. The van der Waals surface area contributed by atoms with E-state index in [4.69, 9.17) is 0 Å². The molecule has 0 heterocycles. The first-order valence-corrected chi connectivity index (χ1v) is 6.55. The highest BCUT2D eigenvalue weighted by atomic mass is 16.6. The molecule has 2 N–H and O–H groups in total. The number of ether oxygens (including phenoxy) is 2. The van der Waals surface area contributed by atoms with Crippen molar-refractivity contribution in [1.82, 2.24) is 0 Å². The first kappa shape index (κ1) is 20.2. The highest BCUT2D eigenvalue weighted by Crippen LogP contribution is 2.18. The van der Waals surface area contributed by atoms with Crippen molar-refractivity contribution in [2.75, 3.05) is 0 Å². The first-order valence-electron chi connectivity index (χ1n) is 6.55. The molecular weight excluding hydrogens is 296 g/mol. The van der Waals surface area contributed by atoms with Gasteiger partial charge in [0.25, 0.3) is 5.78 Å². The SMILES string of the molecule is CC(C)(C)C(=O)OC(=O)C(=O)C(O)C(O)OC(=O)C(C)(C)C. The van der Waals surface area contributed by atoms with Crippen LogP contribution in [0, 0.1) is 10.8 Å². The summed E-state index contributed by atoms with van der Waals surface area (Å²) in [5.74, 6) is -5.09. The van der Waals surface area contributed by atoms with Gasteiger partial charge in [-0.25, -0.2) is 4.79 Å². The number of rotatable bonds is 4. The van der Waals surface area contributed by atoms with Crippen molar-refractivity contribution in [3.05, 3.63) is 0 Å². The van der Waals surface area contributed by atoms with E-state index in [1.54, 1.807) is 0 Å². The number of carbonyl (C=O) groups is 4. The smallest absolute Gasteiger partial charge is 0.385 e. The first-order chi connectivity index (χ1) is 9.67. The van der Waals surface area contributed by atoms with Crippen LogP contribution in [0.3, 0.4) is 0 Å². The Labute approximate surface area is 128 Å². The van der Waals surface area contributed by atoms with Gasteiger partial charge in [0.1, 0.15) is 0 Å². The number of carbonyl (C=O) groups excluding carboxylic acids is 4. The summed E-state index contributed by atoms with van der Waals surface area (Å²) in [5.41, 5.74) is -2.01. The fourth-order valence-corrected chi connectivity index (χ4v) is 0.889. The molecule has 0 aromatic carbocycles. The van der Waals surface area contributed by atoms with E-state index in [1.165, 1.54) is 41.5 Å². The maximum atomic E-state index is 11.6. The van der Waals surface area contributed by atoms with Crippen molar-refractivity contribution in [2.45, 2.75) is 53.9 Å². The molecule has 0 saturated heterocycles. The second-order valence-electron chi connectivity index (χ2n) is 6.78. The van der Waals surface area contributed by atoms with Crippen molar-refractivity contribution in [3.8, 4) is 0 Å². The number of aliphatic hydroxyl groups excluding tert-OH is 2. The van der Waals surface area contributed by atoms with Gasteiger partial charge in [-0.2, -0.15) is 0 Å². The van der Waals surface area contributed by atoms with Crippen molar-refractivity contribution in [1.29, 1.82) is 0 Å². The van der Waals surface area contributed by atoms with Crippen molar-refractivity contribution < 1.29 is 38.9 Å². The zero-order valence-electron chi connectivity index (χ0n) is 13.5. The Hall–Kier alpha value is -1.80. The molecule has 0 aromatic rings. The van der Waals surface area contributed by atoms with E-state index in [9.17, 15) is 29.4 Å². The Bertz CT molecular complexity index is 466. The highest BCUT2D eigenvalue weighted by molar-refractivity contribution is 6.37. The number of aliphatic hydroxyl groups is 2. The fourth-order valence-electron chi connectivity index (χ4n) is 0.889. The second-order valence-corrected chi connectivity index (χ2v) is 6.78. The van der Waals surface area contributed by atoms with E-state index in [-0.39, 0.29) is 0 Å². The van der Waals surface area contributed by atoms with Gasteiger partial charge in [0.05, 0.1) is 10.8 Å². The molecule has 0 radical (unpaired) electrons. The van der Waals surface area contributed by atoms with Crippen LogP contribution in [0.5, 0.6) is 0 Å². The van der Waals surface area contributed by atoms with Crippen molar-refractivity contribution in [3.63, 3.8) is 0 Å². The minimum absolute atomic E-state index is 0.883. The molecule has 0 spiro atoms. The Morgan fingerprint density at radius 2 is 1.23 bits per heavy atom. The molecule has 126 valence electrons. The molecule has 22 heavy (non-hydrogen) atoms. The van der Waals surface area contributed by atoms with Gasteiger partial charge in [-0.3, -0.25) is 14.4 Å². The zero-order chi connectivity index (χ0) is 17.9. The summed E-state index contributed by atoms with van der Waals surface area (Å²) >= 11 is 0. The van der Waals surface area contributed by atoms with Crippen molar-refractivity contribution >= 4 is 23.7 Å². The number of hydrogen-bond donors (Lipinski definition) is 2. The van der Waals surface area contributed by atoms with E-state index in [0.29, 0.717) is 0 Å². The van der Waals surface area contributed by atoms with Gasteiger partial charge in [-0.05, 0) is 41.5 Å². The highest BCUT2D eigenvalue weighted by Gasteiger charge is 2.37. The molecule has 2 unspecified atom stereocenters. The summed E-state index contributed by atoms with van der Waals surface area (Å²) in [5, 5.41) is 19.0. The lowest BCUT2D eigenvalue weighted by Gasteiger charge is -2.22. The van der Waals surface area contributed by atoms with Gasteiger partial charge < -0.3 is 19.7 Å². The third-order valence-corrected chi connectivity index (χ3v) is 2.38. The van der Waals surface area contributed by atoms with Gasteiger partial charge in [-0.15, -0.1) is 0 Å². The maximum absolute atomic E-state index is 11.6. The van der Waals surface area contributed by atoms with Gasteiger partial charge in [0.2, 0.25) is 6.29 Å². The van der Waals surface area contributed by atoms with Crippen LogP contribution in [-0.2, 0) is 28.7 Å². The van der Waals surface area contributed by atoms with Crippen molar-refractivity contribution in [2.24, 2.45) is 10.8 Å². The van der Waals surface area contributed by atoms with Gasteiger partial charge in [0.15, 0.2) is 6.10 Å². The number of Topliss-reactive ketones (excluding diaryl/α,β-unsaturated/α-hetero) is 1. The Balaban J connectivity index is 4.75. The summed E-state index contributed by atoms with van der Waals surface area (Å²) < 4.78 is 8.75. The monoisotopic (exact) mass is 318 g/mol. The predicted molar refractivity (Wildman–Crippen MR) is 73.1 cm³/mol. The minimum atomic E-state index is -2.34. The molecular formula is C14H22O8. The molecule has 8 nitrogen and oxygen atoms in total. The molecule has 0 aliphatic carbocycles. The second kappa shape index (κ2) is 6.97. The summed E-state index contributed by atoms with van der Waals surface area (Å²) in [6.07, 6.45) is -4.58. The van der Waals surface area contributed by atoms with Crippen LogP contribution >= 0.6 is 0 Å². The summed E-state index contributed by atoms with van der Waals surface area (Å²) in [7, 11) is 0. The third kappa shape index (κ3) is 5.90. The van der Waals surface area contributed by atoms with E-state index < -0.39 is 46.9 Å². The number of esters is 3. The average Bonchev–Trinajstić information content (AvgIpc) is 2.34. The molecule has 0 bridgehead atoms. The molecule has 0 fully saturated rings. The number of hydrogen-bond acceptors (Lipinski definition) is 8. The standard InChI is InChI=1S/C14H22O8/c1-13(2,3)11(19)21-9(17)7(15)8(16)10(18)22-12(20)14(4,5)6/h7,9,15,17H,1-6H3. The predicted octanol–water partition coefficient (Wildman–Crippen LogP) is -0.0600. The van der Waals surface area contributed by atoms with Gasteiger partial charge in [0, 0.05) is 0 Å². The molecule has 0 aliphatic rings. The van der Waals surface area contributed by atoms with Crippen LogP contribution in [0.2, 0.25) is 0 Å². The van der Waals surface area contributed by atoms with Crippen LogP contribution in [0.1, 0.15) is 41.5 Å². The van der Waals surface area contributed by atoms with Crippen LogP contribution in [0.15, 0.2) is 0 Å². The van der Waals surface area contributed by atoms with Crippen LogP contribution in [0.4, 0.5) is 0 Å². The van der Waals surface area contributed by atoms with E-state index in [2.05, 4.69) is 9.47 Å². The Kier molecular flexibility index (Phi) is 6.40. The molecule has 0 aliphatic heterocycles. The van der Waals surface area contributed by atoms with Gasteiger partial charge in [-0.1, -0.05) is 0 Å². The zero-order valence-corrected chi connectivity index (χ0v) is 13.5. The molecule has 2 atom stereocenters. The van der Waals surface area contributed by atoms with Crippen LogP contribution < -0.4 is 0 Å². The van der Waals surface area contributed by atoms with Crippen LogP contribution in [0.25, 0.3) is 0 Å². The van der Waals surface area contributed by atoms with E-state index in [1.807, 2.05) is 0 Å². The third-order valence-electron chi connectivity index (χ3n) is 2.38. The minimum Gasteiger partial charge on any atom is -0.432 e. The molecule has 0 aromatic heterocycles. The molecule has 8 heteroatoms. The lowest BCUT2D eigenvalue weighted by molar-refractivity contribution is -0.198. The number of ketones is 1. The summed E-state index contributed by atoms with van der Waals surface area (Å²) in [6.45, 7) is 8.86. The molecule has 0 saturated carbocycles. The largest absolute Gasteiger partial charge is 0.432 e. The topological polar surface area (TPSA) is 127 Å².